The summed E-state index contributed by atoms with van der Waals surface area (Å²) in [6.07, 6.45) is 1.96. The molecule has 1 unspecified atom stereocenters. The van der Waals surface area contributed by atoms with Gasteiger partial charge in [-0.15, -0.1) is 0 Å². The number of nitrogens with one attached hydrogen (secondary N) is 2. The summed E-state index contributed by atoms with van der Waals surface area (Å²) < 4.78 is 0. The van der Waals surface area contributed by atoms with Gasteiger partial charge in [0.15, 0.2) is 0 Å². The van der Waals surface area contributed by atoms with Crippen molar-refractivity contribution in [2.45, 2.75) is 31.8 Å². The van der Waals surface area contributed by atoms with Gasteiger partial charge in [-0.2, -0.15) is 0 Å². The summed E-state index contributed by atoms with van der Waals surface area (Å²) in [5.74, 6) is -0.722. The van der Waals surface area contributed by atoms with Gasteiger partial charge in [0.25, 0.3) is 0 Å². The average Bonchev–Trinajstić information content (AvgIpc) is 2.57. The van der Waals surface area contributed by atoms with Gasteiger partial charge < -0.3 is 15.7 Å². The van der Waals surface area contributed by atoms with Gasteiger partial charge in [-0.25, -0.2) is 0 Å². The Bertz CT molecular complexity index is 407. The number of carboxylic acids is 1. The second-order valence-corrected chi connectivity index (χ2v) is 4.67. The van der Waals surface area contributed by atoms with Crippen molar-refractivity contribution < 1.29 is 9.90 Å². The molecule has 0 aromatic heterocycles. The molecular weight excluding hydrogens is 228 g/mol. The molecule has 0 saturated carbocycles. The molecule has 18 heavy (non-hydrogen) atoms. The Morgan fingerprint density at radius 1 is 1.44 bits per heavy atom. The number of hydrogen-bond acceptors (Lipinski definition) is 3. The van der Waals surface area contributed by atoms with E-state index in [1.807, 2.05) is 0 Å². The lowest BCUT2D eigenvalue weighted by atomic mass is 9.99. The minimum absolute atomic E-state index is 0.236. The molecule has 0 fully saturated rings. The lowest BCUT2D eigenvalue weighted by Gasteiger charge is -2.18. The summed E-state index contributed by atoms with van der Waals surface area (Å²) in [5, 5.41) is 15.5. The van der Waals surface area contributed by atoms with Crippen LogP contribution in [0.4, 0.5) is 0 Å². The van der Waals surface area contributed by atoms with Gasteiger partial charge in [0.05, 0.1) is 0 Å². The predicted molar refractivity (Wildman–Crippen MR) is 70.4 cm³/mol. The fourth-order valence-electron chi connectivity index (χ4n) is 2.39. The van der Waals surface area contributed by atoms with Gasteiger partial charge in [-0.3, -0.25) is 4.79 Å². The van der Waals surface area contributed by atoms with Gasteiger partial charge in [-0.1, -0.05) is 24.3 Å². The molecule has 1 aromatic rings. The van der Waals surface area contributed by atoms with Crippen molar-refractivity contribution >= 4 is 5.97 Å². The zero-order chi connectivity index (χ0) is 12.8. The molecule has 98 valence electrons. The number of hydrogen-bond donors (Lipinski definition) is 3. The third-order valence-electron chi connectivity index (χ3n) is 3.31. The molecule has 4 nitrogen and oxygen atoms in total. The van der Waals surface area contributed by atoms with Crippen LogP contribution in [-0.4, -0.2) is 24.2 Å². The Morgan fingerprint density at radius 2 is 2.28 bits per heavy atom. The lowest BCUT2D eigenvalue weighted by Crippen LogP contribution is -2.24. The van der Waals surface area contributed by atoms with Crippen molar-refractivity contribution in [1.29, 1.82) is 0 Å². The minimum Gasteiger partial charge on any atom is -0.481 e. The molecule has 0 radical (unpaired) electrons. The van der Waals surface area contributed by atoms with E-state index in [2.05, 4.69) is 34.9 Å². The Balaban J connectivity index is 1.93. The number of fused-ring (bicyclic) bond motifs is 1. The monoisotopic (exact) mass is 248 g/mol. The maximum absolute atomic E-state index is 10.5. The molecule has 0 aliphatic carbocycles. The van der Waals surface area contributed by atoms with Gasteiger partial charge in [0, 0.05) is 19.0 Å². The van der Waals surface area contributed by atoms with Crippen molar-refractivity contribution in [3.63, 3.8) is 0 Å². The second kappa shape index (κ2) is 6.52. The predicted octanol–water partition coefficient (Wildman–Crippen LogP) is 1.68. The Kier molecular flexibility index (Phi) is 4.73. The fourth-order valence-corrected chi connectivity index (χ4v) is 2.39. The highest BCUT2D eigenvalue weighted by molar-refractivity contribution is 5.66. The summed E-state index contributed by atoms with van der Waals surface area (Å²) in [6.45, 7) is 2.67. The van der Waals surface area contributed by atoms with Gasteiger partial charge in [0.1, 0.15) is 0 Å². The molecule has 2 rings (SSSR count). The maximum Gasteiger partial charge on any atom is 0.303 e. The number of benzene rings is 1. The van der Waals surface area contributed by atoms with Crippen LogP contribution in [0.1, 0.15) is 36.4 Å². The first kappa shape index (κ1) is 13.1. The highest BCUT2D eigenvalue weighted by atomic mass is 16.4. The standard InChI is InChI=1S/C14H20N2O2/c17-14(18)6-3-8-16-13-7-9-15-10-11-4-1-2-5-12(11)13/h1-2,4-5,13,15-16H,3,6-10H2,(H,17,18). The van der Waals surface area contributed by atoms with Crippen molar-refractivity contribution in [2.24, 2.45) is 0 Å². The molecule has 0 amide bonds. The summed E-state index contributed by atoms with van der Waals surface area (Å²) in [6, 6.07) is 8.78. The van der Waals surface area contributed by atoms with Crippen LogP contribution >= 0.6 is 0 Å². The number of carboxylic acid groups (broad SMARTS) is 1. The van der Waals surface area contributed by atoms with E-state index in [0.717, 1.165) is 26.1 Å². The smallest absolute Gasteiger partial charge is 0.303 e. The number of rotatable bonds is 5. The second-order valence-electron chi connectivity index (χ2n) is 4.67. The molecule has 1 heterocycles. The molecule has 1 aromatic carbocycles. The summed E-state index contributed by atoms with van der Waals surface area (Å²) in [4.78, 5) is 10.5. The summed E-state index contributed by atoms with van der Waals surface area (Å²) >= 11 is 0. The normalized spacial score (nSPS) is 19.0. The first-order valence-corrected chi connectivity index (χ1v) is 6.51. The molecule has 0 spiro atoms. The first-order valence-electron chi connectivity index (χ1n) is 6.51. The molecule has 4 heteroatoms. The molecule has 1 aliphatic heterocycles. The highest BCUT2D eigenvalue weighted by Gasteiger charge is 2.16. The third kappa shape index (κ3) is 3.55. The largest absolute Gasteiger partial charge is 0.481 e. The maximum atomic E-state index is 10.5. The zero-order valence-corrected chi connectivity index (χ0v) is 10.5. The first-order chi connectivity index (χ1) is 8.77. The lowest BCUT2D eigenvalue weighted by molar-refractivity contribution is -0.137. The molecule has 1 aliphatic rings. The highest BCUT2D eigenvalue weighted by Crippen LogP contribution is 2.23. The van der Waals surface area contributed by atoms with Crippen LogP contribution in [0.2, 0.25) is 0 Å². The molecule has 3 N–H and O–H groups in total. The summed E-state index contributed by atoms with van der Waals surface area (Å²) in [7, 11) is 0. The van der Waals surface area contributed by atoms with Crippen molar-refractivity contribution in [2.75, 3.05) is 13.1 Å². The van der Waals surface area contributed by atoms with Crippen LogP contribution in [-0.2, 0) is 11.3 Å². The van der Waals surface area contributed by atoms with Crippen LogP contribution in [0.15, 0.2) is 24.3 Å². The topological polar surface area (TPSA) is 61.4 Å². The van der Waals surface area contributed by atoms with Gasteiger partial charge in [-0.05, 0) is 37.1 Å². The van der Waals surface area contributed by atoms with E-state index in [4.69, 9.17) is 5.11 Å². The number of aliphatic carboxylic acids is 1. The van der Waals surface area contributed by atoms with E-state index >= 15 is 0 Å². The SMILES string of the molecule is O=C(O)CCCNC1CCNCc2ccccc21. The minimum atomic E-state index is -0.722. The van der Waals surface area contributed by atoms with E-state index in [1.54, 1.807) is 0 Å². The Labute approximate surface area is 107 Å². The quantitative estimate of drug-likeness (QED) is 0.694. The van der Waals surface area contributed by atoms with Crippen LogP contribution in [0.3, 0.4) is 0 Å². The van der Waals surface area contributed by atoms with Crippen molar-refractivity contribution in [3.05, 3.63) is 35.4 Å². The van der Waals surface area contributed by atoms with Crippen molar-refractivity contribution in [3.8, 4) is 0 Å². The third-order valence-corrected chi connectivity index (χ3v) is 3.31. The van der Waals surface area contributed by atoms with E-state index in [-0.39, 0.29) is 6.42 Å². The van der Waals surface area contributed by atoms with E-state index in [1.165, 1.54) is 11.1 Å². The summed E-state index contributed by atoms with van der Waals surface area (Å²) in [5.41, 5.74) is 2.68. The van der Waals surface area contributed by atoms with Gasteiger partial charge in [0.2, 0.25) is 0 Å². The average molecular weight is 248 g/mol. The Morgan fingerprint density at radius 3 is 3.11 bits per heavy atom. The fraction of sp³-hybridized carbons (Fsp3) is 0.500. The zero-order valence-electron chi connectivity index (χ0n) is 10.5. The van der Waals surface area contributed by atoms with E-state index in [0.29, 0.717) is 12.5 Å². The van der Waals surface area contributed by atoms with Gasteiger partial charge >= 0.3 is 5.97 Å². The molecular formula is C14H20N2O2. The van der Waals surface area contributed by atoms with E-state index < -0.39 is 5.97 Å². The van der Waals surface area contributed by atoms with Crippen LogP contribution in [0, 0.1) is 0 Å². The molecule has 0 bridgehead atoms. The van der Waals surface area contributed by atoms with Crippen LogP contribution in [0.25, 0.3) is 0 Å². The van der Waals surface area contributed by atoms with Crippen LogP contribution < -0.4 is 10.6 Å². The molecule has 0 saturated heterocycles. The molecule has 1 atom stereocenters. The van der Waals surface area contributed by atoms with E-state index in [9.17, 15) is 4.79 Å². The van der Waals surface area contributed by atoms with Crippen molar-refractivity contribution in [1.82, 2.24) is 10.6 Å². The Hall–Kier alpha value is -1.39. The number of carbonyl (C=O) groups is 1. The van der Waals surface area contributed by atoms with Crippen LogP contribution in [0.5, 0.6) is 0 Å².